The van der Waals surface area contributed by atoms with Gasteiger partial charge >= 0.3 is 5.97 Å². The van der Waals surface area contributed by atoms with Crippen LogP contribution in [0.2, 0.25) is 0 Å². The Morgan fingerprint density at radius 3 is 2.53 bits per heavy atom. The summed E-state index contributed by atoms with van der Waals surface area (Å²) in [5.74, 6) is -2.53. The molecule has 0 aromatic rings. The molecule has 36 heavy (non-hydrogen) atoms. The van der Waals surface area contributed by atoms with E-state index < -0.39 is 41.1 Å². The number of aliphatic hydroxyl groups is 1. The van der Waals surface area contributed by atoms with Gasteiger partial charge in [-0.3, -0.25) is 14.4 Å². The van der Waals surface area contributed by atoms with Crippen molar-refractivity contribution >= 4 is 17.8 Å². The Balaban J connectivity index is 1.96. The number of likely N-dealkylation sites (tertiary alicyclic amines) is 1. The molecule has 3 aliphatic heterocycles. The fourth-order valence-corrected chi connectivity index (χ4v) is 6.85. The van der Waals surface area contributed by atoms with Crippen LogP contribution in [-0.2, 0) is 23.9 Å². The number of nitrogens with zero attached hydrogens (tertiary/aromatic N) is 2. The number of carbonyl (C=O) groups excluding carboxylic acids is 3. The van der Waals surface area contributed by atoms with E-state index in [1.54, 1.807) is 17.1 Å². The Labute approximate surface area is 215 Å². The van der Waals surface area contributed by atoms with Crippen LogP contribution in [0.4, 0.5) is 0 Å². The number of β-amino-alcohol motifs (C(OH)–C–C–N with tert-alkyl or cyclic N) is 1. The van der Waals surface area contributed by atoms with Crippen LogP contribution in [0.5, 0.6) is 0 Å². The summed E-state index contributed by atoms with van der Waals surface area (Å²) < 4.78 is 12.0. The minimum atomic E-state index is -1.10. The fourth-order valence-electron chi connectivity index (χ4n) is 6.85. The van der Waals surface area contributed by atoms with Gasteiger partial charge in [0.1, 0.15) is 11.6 Å². The number of hydrogen-bond donors (Lipinski definition) is 1. The van der Waals surface area contributed by atoms with E-state index >= 15 is 0 Å². The normalized spacial score (nSPS) is 29.3. The first-order chi connectivity index (χ1) is 16.8. The second-order valence-electron chi connectivity index (χ2n) is 12.2. The summed E-state index contributed by atoms with van der Waals surface area (Å²) in [6, 6.07) is -0.912. The quantitative estimate of drug-likeness (QED) is 0.249. The maximum Gasteiger partial charge on any atom is 0.312 e. The summed E-state index contributed by atoms with van der Waals surface area (Å²) in [5.41, 5.74) is -1.66. The molecule has 2 amide bonds. The van der Waals surface area contributed by atoms with Crippen LogP contribution in [0.25, 0.3) is 0 Å². The number of unbranched alkanes of at least 4 members (excludes halogenated alkanes) is 1. The Bertz CT molecular complexity index is 878. The zero-order valence-electron chi connectivity index (χ0n) is 22.6. The van der Waals surface area contributed by atoms with Crippen LogP contribution >= 0.6 is 0 Å². The number of esters is 1. The van der Waals surface area contributed by atoms with E-state index in [1.807, 2.05) is 13.8 Å². The van der Waals surface area contributed by atoms with Gasteiger partial charge < -0.3 is 24.4 Å². The molecule has 202 valence electrons. The molecule has 3 aliphatic rings. The van der Waals surface area contributed by atoms with Gasteiger partial charge in [0.15, 0.2) is 0 Å². The monoisotopic (exact) mass is 504 g/mol. The van der Waals surface area contributed by atoms with Gasteiger partial charge in [-0.05, 0) is 51.4 Å². The van der Waals surface area contributed by atoms with E-state index in [1.165, 1.54) is 4.90 Å². The van der Waals surface area contributed by atoms with Crippen LogP contribution in [0, 0.1) is 17.3 Å². The van der Waals surface area contributed by atoms with Gasteiger partial charge in [-0.1, -0.05) is 32.9 Å². The average molecular weight is 505 g/mol. The molecule has 0 saturated carbocycles. The minimum Gasteiger partial charge on any atom is -0.465 e. The first kappa shape index (κ1) is 28.4. The summed E-state index contributed by atoms with van der Waals surface area (Å²) in [4.78, 5) is 44.4. The highest BCUT2D eigenvalue weighted by Gasteiger charge is 2.75. The molecular weight excluding hydrogens is 460 g/mol. The molecule has 3 heterocycles. The number of fused-ring (bicyclic) bond motifs is 1. The molecule has 2 unspecified atom stereocenters. The van der Waals surface area contributed by atoms with E-state index in [2.05, 4.69) is 33.9 Å². The van der Waals surface area contributed by atoms with E-state index in [4.69, 9.17) is 9.47 Å². The van der Waals surface area contributed by atoms with Crippen molar-refractivity contribution in [2.24, 2.45) is 17.3 Å². The first-order valence-electron chi connectivity index (χ1n) is 13.1. The lowest BCUT2D eigenvalue weighted by atomic mass is 9.70. The van der Waals surface area contributed by atoms with E-state index in [0.29, 0.717) is 25.8 Å². The number of ether oxygens (including phenoxy) is 2. The number of carbonyl (C=O) groups is 3. The van der Waals surface area contributed by atoms with Crippen LogP contribution in [-0.4, -0.2) is 82.3 Å². The lowest BCUT2D eigenvalue weighted by Crippen LogP contribution is -2.61. The van der Waals surface area contributed by atoms with Gasteiger partial charge in [-0.25, -0.2) is 0 Å². The summed E-state index contributed by atoms with van der Waals surface area (Å²) in [5, 5.41) is 9.80. The third kappa shape index (κ3) is 5.12. The highest BCUT2D eigenvalue weighted by molar-refractivity contribution is 5.98. The van der Waals surface area contributed by atoms with E-state index in [0.717, 1.165) is 12.8 Å². The van der Waals surface area contributed by atoms with Crippen molar-refractivity contribution in [1.29, 1.82) is 0 Å². The van der Waals surface area contributed by atoms with Crippen molar-refractivity contribution in [2.75, 3.05) is 26.3 Å². The second-order valence-corrected chi connectivity index (χ2v) is 12.2. The fraction of sp³-hybridized carbons (Fsp3) is 0.750. The topological polar surface area (TPSA) is 96.4 Å². The van der Waals surface area contributed by atoms with E-state index in [-0.39, 0.29) is 37.0 Å². The largest absolute Gasteiger partial charge is 0.465 e. The SMILES string of the molecule is C=CCCCOC(=O)[C@@H]1[C@@H]2CCC3(O2)C(C(=O)N(CC=C)C(C)(C)CC(C)(C)C)N(CCO)C(=O)[C@H]13. The number of aliphatic hydroxyl groups excluding tert-OH is 1. The van der Waals surface area contributed by atoms with Gasteiger partial charge in [0.2, 0.25) is 11.8 Å². The van der Waals surface area contributed by atoms with Crippen LogP contribution in [0.15, 0.2) is 25.3 Å². The van der Waals surface area contributed by atoms with Crippen molar-refractivity contribution in [2.45, 2.75) is 90.0 Å². The first-order valence-corrected chi connectivity index (χ1v) is 13.1. The van der Waals surface area contributed by atoms with Gasteiger partial charge in [0, 0.05) is 18.6 Å². The lowest BCUT2D eigenvalue weighted by Gasteiger charge is -2.45. The molecule has 3 rings (SSSR count). The summed E-state index contributed by atoms with van der Waals surface area (Å²) >= 11 is 0. The standard InChI is InChI=1S/C28H44N2O6/c1-8-10-11-17-35-25(34)20-19-12-13-28(36-19)21(20)23(32)29(15-16-31)22(28)24(33)30(14-9-2)27(6,7)18-26(3,4)5/h8-9,19-22,31H,1-2,10-18H2,3-7H3/t19-,20+,21-,22?,28?/m0/s1. The molecule has 1 N–H and O–H groups in total. The molecule has 8 heteroatoms. The Morgan fingerprint density at radius 2 is 1.94 bits per heavy atom. The van der Waals surface area contributed by atoms with Crippen LogP contribution < -0.4 is 0 Å². The zero-order chi connectivity index (χ0) is 26.9. The van der Waals surface area contributed by atoms with Crippen molar-refractivity contribution < 1.29 is 29.0 Å². The molecule has 3 fully saturated rings. The van der Waals surface area contributed by atoms with Gasteiger partial charge in [-0.15, -0.1) is 13.2 Å². The number of rotatable bonds is 12. The number of amides is 2. The molecular formula is C28H44N2O6. The summed E-state index contributed by atoms with van der Waals surface area (Å²) in [6.07, 6.45) is 6.23. The maximum atomic E-state index is 14.3. The highest BCUT2D eigenvalue weighted by Crippen LogP contribution is 2.59. The molecule has 0 aromatic carbocycles. The van der Waals surface area contributed by atoms with E-state index in [9.17, 15) is 19.5 Å². The average Bonchev–Trinajstić information content (AvgIpc) is 3.41. The summed E-state index contributed by atoms with van der Waals surface area (Å²) in [7, 11) is 0. The number of allylic oxidation sites excluding steroid dienone is 1. The predicted molar refractivity (Wildman–Crippen MR) is 137 cm³/mol. The zero-order valence-corrected chi connectivity index (χ0v) is 22.6. The molecule has 3 saturated heterocycles. The maximum absolute atomic E-state index is 14.3. The van der Waals surface area contributed by atoms with Crippen molar-refractivity contribution in [3.63, 3.8) is 0 Å². The highest BCUT2D eigenvalue weighted by atomic mass is 16.6. The van der Waals surface area contributed by atoms with Crippen molar-refractivity contribution in [3.8, 4) is 0 Å². The van der Waals surface area contributed by atoms with Gasteiger partial charge in [0.05, 0.1) is 31.2 Å². The molecule has 0 aliphatic carbocycles. The van der Waals surface area contributed by atoms with Crippen molar-refractivity contribution in [1.82, 2.24) is 9.80 Å². The Morgan fingerprint density at radius 1 is 1.25 bits per heavy atom. The predicted octanol–water partition coefficient (Wildman–Crippen LogP) is 3.09. The molecule has 0 radical (unpaired) electrons. The molecule has 2 bridgehead atoms. The van der Waals surface area contributed by atoms with Gasteiger partial charge in [-0.2, -0.15) is 0 Å². The third-order valence-corrected chi connectivity index (χ3v) is 7.72. The molecule has 1 spiro atoms. The Kier molecular flexibility index (Phi) is 8.40. The third-order valence-electron chi connectivity index (χ3n) is 7.72. The lowest BCUT2D eigenvalue weighted by molar-refractivity contribution is -0.156. The Hall–Kier alpha value is -2.19. The molecule has 5 atom stereocenters. The summed E-state index contributed by atoms with van der Waals surface area (Å²) in [6.45, 7) is 18.3. The minimum absolute atomic E-state index is 0.00421. The van der Waals surface area contributed by atoms with Crippen LogP contribution in [0.1, 0.15) is 66.7 Å². The number of hydrogen-bond acceptors (Lipinski definition) is 6. The van der Waals surface area contributed by atoms with Gasteiger partial charge in [0.25, 0.3) is 0 Å². The molecule has 8 nitrogen and oxygen atoms in total. The van der Waals surface area contributed by atoms with Crippen molar-refractivity contribution in [3.05, 3.63) is 25.3 Å². The second kappa shape index (κ2) is 10.7. The van der Waals surface area contributed by atoms with Crippen LogP contribution in [0.3, 0.4) is 0 Å². The molecule has 0 aromatic heterocycles. The smallest absolute Gasteiger partial charge is 0.312 e.